The van der Waals surface area contributed by atoms with Gasteiger partial charge in [0.25, 0.3) is 0 Å². The number of rotatable bonds is 3. The maximum Gasteiger partial charge on any atom is 0.231 e. The molecule has 0 radical (unpaired) electrons. The van der Waals surface area contributed by atoms with Gasteiger partial charge in [-0.05, 0) is 30.5 Å². The maximum absolute atomic E-state index is 12.2. The van der Waals surface area contributed by atoms with E-state index in [-0.39, 0.29) is 17.7 Å². The van der Waals surface area contributed by atoms with Crippen molar-refractivity contribution in [1.82, 2.24) is 10.3 Å². The summed E-state index contributed by atoms with van der Waals surface area (Å²) in [6.07, 6.45) is 2.00. The van der Waals surface area contributed by atoms with E-state index in [0.717, 1.165) is 16.6 Å². The summed E-state index contributed by atoms with van der Waals surface area (Å²) in [5, 5.41) is 6.22. The number of amides is 2. The van der Waals surface area contributed by atoms with Gasteiger partial charge in [0, 0.05) is 13.0 Å². The van der Waals surface area contributed by atoms with Crippen molar-refractivity contribution >= 4 is 38.5 Å². The van der Waals surface area contributed by atoms with E-state index in [0.29, 0.717) is 24.5 Å². The van der Waals surface area contributed by atoms with Crippen LogP contribution in [0.5, 0.6) is 0 Å². The van der Waals surface area contributed by atoms with Gasteiger partial charge in [-0.1, -0.05) is 24.3 Å². The molecule has 2 heterocycles. The van der Waals surface area contributed by atoms with Gasteiger partial charge >= 0.3 is 0 Å². The highest BCUT2D eigenvalue weighted by molar-refractivity contribution is 7.22. The molecule has 2 N–H and O–H groups in total. The molecule has 0 aliphatic carbocycles. The van der Waals surface area contributed by atoms with Crippen molar-refractivity contribution in [2.75, 3.05) is 11.9 Å². The molecule has 0 unspecified atom stereocenters. The molecule has 5 nitrogen and oxygen atoms in total. The summed E-state index contributed by atoms with van der Waals surface area (Å²) < 4.78 is 1.08. The number of anilines is 1. The monoisotopic (exact) mass is 303 g/mol. The van der Waals surface area contributed by atoms with Crippen molar-refractivity contribution in [3.8, 4) is 0 Å². The number of hydrogen-bond donors (Lipinski definition) is 2. The van der Waals surface area contributed by atoms with Gasteiger partial charge in [0.15, 0.2) is 5.13 Å². The molecule has 21 heavy (non-hydrogen) atoms. The number of carbonyl (C=O) groups is 2. The quantitative estimate of drug-likeness (QED) is 0.914. The molecule has 3 rings (SSSR count). The molecule has 0 spiro atoms. The highest BCUT2D eigenvalue weighted by atomic mass is 32.1. The van der Waals surface area contributed by atoms with Crippen LogP contribution in [0.25, 0.3) is 10.2 Å². The highest BCUT2D eigenvalue weighted by Gasteiger charge is 2.25. The van der Waals surface area contributed by atoms with Crippen LogP contribution in [0.2, 0.25) is 0 Å². The predicted octanol–water partition coefficient (Wildman–Crippen LogP) is 2.32. The number of benzene rings is 1. The van der Waals surface area contributed by atoms with Crippen molar-refractivity contribution in [2.45, 2.75) is 26.2 Å². The number of hydrogen-bond acceptors (Lipinski definition) is 4. The first kappa shape index (κ1) is 14.0. The third-order valence-corrected chi connectivity index (χ3v) is 4.66. The fourth-order valence-corrected chi connectivity index (χ4v) is 3.34. The molecule has 1 saturated heterocycles. The van der Waals surface area contributed by atoms with Gasteiger partial charge in [0.2, 0.25) is 11.8 Å². The average molecular weight is 303 g/mol. The summed E-state index contributed by atoms with van der Waals surface area (Å²) >= 11 is 1.49. The Bertz CT molecular complexity index is 685. The average Bonchev–Trinajstić information content (AvgIpc) is 2.88. The van der Waals surface area contributed by atoms with E-state index in [9.17, 15) is 9.59 Å². The lowest BCUT2D eigenvalue weighted by atomic mass is 9.98. The Hall–Kier alpha value is -1.95. The zero-order valence-corrected chi connectivity index (χ0v) is 12.6. The van der Waals surface area contributed by atoms with Gasteiger partial charge in [0.1, 0.15) is 0 Å². The first-order chi connectivity index (χ1) is 10.2. The van der Waals surface area contributed by atoms with Crippen LogP contribution in [0, 0.1) is 5.92 Å². The van der Waals surface area contributed by atoms with Crippen LogP contribution in [0.15, 0.2) is 18.2 Å². The largest absolute Gasteiger partial charge is 0.355 e. The number of aryl methyl sites for hydroxylation is 1. The molecular formula is C15H17N3O2S. The summed E-state index contributed by atoms with van der Waals surface area (Å²) in [4.78, 5) is 27.7. The Morgan fingerprint density at radius 2 is 2.38 bits per heavy atom. The first-order valence-corrected chi connectivity index (χ1v) is 7.94. The van der Waals surface area contributed by atoms with Crippen LogP contribution in [0.1, 0.15) is 25.3 Å². The minimum absolute atomic E-state index is 0.0196. The van der Waals surface area contributed by atoms with Gasteiger partial charge < -0.3 is 10.6 Å². The maximum atomic E-state index is 12.2. The van der Waals surface area contributed by atoms with Crippen LogP contribution < -0.4 is 10.6 Å². The summed E-state index contributed by atoms with van der Waals surface area (Å²) in [6, 6.07) is 6.16. The fourth-order valence-electron chi connectivity index (χ4n) is 2.41. The number of carbonyl (C=O) groups excluding carboxylic acids is 2. The molecule has 1 fully saturated rings. The number of aromatic nitrogens is 1. The van der Waals surface area contributed by atoms with Crippen LogP contribution in [-0.2, 0) is 16.0 Å². The van der Waals surface area contributed by atoms with Gasteiger partial charge in [-0.3, -0.25) is 9.59 Å². The molecule has 0 saturated carbocycles. The molecular weight excluding hydrogens is 286 g/mol. The Labute approximate surface area is 126 Å². The standard InChI is InChI=1S/C15H17N3O2S/c1-2-9-3-5-11-12(7-9)21-15(17-11)18-14(20)10-4-6-13(19)16-8-10/h3,5,7,10H,2,4,6,8H2,1H3,(H,16,19)(H,17,18,20)/t10-/m1/s1. The Morgan fingerprint density at radius 1 is 1.52 bits per heavy atom. The molecule has 1 atom stereocenters. The van der Waals surface area contributed by atoms with Crippen LogP contribution in [0.4, 0.5) is 5.13 Å². The van der Waals surface area contributed by atoms with Gasteiger partial charge in [0.05, 0.1) is 16.1 Å². The summed E-state index contributed by atoms with van der Waals surface area (Å²) in [5.41, 5.74) is 2.17. The SMILES string of the molecule is CCc1ccc2nc(NC(=O)[C@@H]3CCC(=O)NC3)sc2c1. The van der Waals surface area contributed by atoms with Crippen LogP contribution in [-0.4, -0.2) is 23.3 Å². The molecule has 1 aliphatic heterocycles. The molecule has 6 heteroatoms. The summed E-state index contributed by atoms with van der Waals surface area (Å²) in [7, 11) is 0. The second-order valence-electron chi connectivity index (χ2n) is 5.20. The molecule has 110 valence electrons. The summed E-state index contributed by atoms with van der Waals surface area (Å²) in [6.45, 7) is 2.53. The van der Waals surface area contributed by atoms with Crippen molar-refractivity contribution < 1.29 is 9.59 Å². The number of piperidine rings is 1. The van der Waals surface area contributed by atoms with Gasteiger partial charge in [-0.2, -0.15) is 0 Å². The number of fused-ring (bicyclic) bond motifs is 1. The lowest BCUT2D eigenvalue weighted by Crippen LogP contribution is -2.40. The fraction of sp³-hybridized carbons (Fsp3) is 0.400. The molecule has 2 amide bonds. The Kier molecular flexibility index (Phi) is 3.88. The Morgan fingerprint density at radius 3 is 3.10 bits per heavy atom. The molecule has 1 aromatic carbocycles. The topological polar surface area (TPSA) is 71.1 Å². The van der Waals surface area contributed by atoms with E-state index >= 15 is 0 Å². The number of thiazole rings is 1. The normalized spacial score (nSPS) is 18.5. The number of nitrogens with one attached hydrogen (secondary N) is 2. The zero-order valence-electron chi connectivity index (χ0n) is 11.8. The summed E-state index contributed by atoms with van der Waals surface area (Å²) in [5.74, 6) is -0.211. The van der Waals surface area contributed by atoms with E-state index in [2.05, 4.69) is 34.7 Å². The Balaban J connectivity index is 1.72. The van der Waals surface area contributed by atoms with Crippen molar-refractivity contribution in [3.63, 3.8) is 0 Å². The van der Waals surface area contributed by atoms with E-state index < -0.39 is 0 Å². The molecule has 1 aliphatic rings. The predicted molar refractivity (Wildman–Crippen MR) is 83.4 cm³/mol. The smallest absolute Gasteiger partial charge is 0.231 e. The lowest BCUT2D eigenvalue weighted by molar-refractivity contribution is -0.126. The molecule has 2 aromatic rings. The minimum atomic E-state index is -0.166. The molecule has 0 bridgehead atoms. The first-order valence-electron chi connectivity index (χ1n) is 7.12. The van der Waals surface area contributed by atoms with E-state index in [1.165, 1.54) is 16.9 Å². The third-order valence-electron chi connectivity index (χ3n) is 3.73. The van der Waals surface area contributed by atoms with E-state index in [1.807, 2.05) is 6.07 Å². The van der Waals surface area contributed by atoms with E-state index in [1.54, 1.807) is 0 Å². The second kappa shape index (κ2) is 5.81. The zero-order chi connectivity index (χ0) is 14.8. The van der Waals surface area contributed by atoms with Crippen molar-refractivity contribution in [1.29, 1.82) is 0 Å². The van der Waals surface area contributed by atoms with Gasteiger partial charge in [-0.25, -0.2) is 4.98 Å². The highest BCUT2D eigenvalue weighted by Crippen LogP contribution is 2.27. The van der Waals surface area contributed by atoms with Crippen LogP contribution >= 0.6 is 11.3 Å². The molecule has 1 aromatic heterocycles. The van der Waals surface area contributed by atoms with E-state index in [4.69, 9.17) is 0 Å². The third kappa shape index (κ3) is 3.05. The van der Waals surface area contributed by atoms with Gasteiger partial charge in [-0.15, -0.1) is 0 Å². The van der Waals surface area contributed by atoms with Crippen molar-refractivity contribution in [2.24, 2.45) is 5.92 Å². The van der Waals surface area contributed by atoms with Crippen molar-refractivity contribution in [3.05, 3.63) is 23.8 Å². The number of nitrogens with zero attached hydrogens (tertiary/aromatic N) is 1. The van der Waals surface area contributed by atoms with Crippen LogP contribution in [0.3, 0.4) is 0 Å². The second-order valence-corrected chi connectivity index (χ2v) is 6.23. The minimum Gasteiger partial charge on any atom is -0.355 e. The lowest BCUT2D eigenvalue weighted by Gasteiger charge is -2.20.